The molecule has 2 aromatic heterocycles. The minimum Gasteiger partial charge on any atom is -0.287 e. The van der Waals surface area contributed by atoms with E-state index in [1.54, 1.807) is 29.3 Å². The number of aryl methyl sites for hydroxylation is 1. The van der Waals surface area contributed by atoms with Crippen molar-refractivity contribution in [3.63, 3.8) is 0 Å². The van der Waals surface area contributed by atoms with Crippen molar-refractivity contribution in [1.82, 2.24) is 14.8 Å². The molecule has 1 aromatic carbocycles. The molecule has 20 heavy (non-hydrogen) atoms. The van der Waals surface area contributed by atoms with Crippen LogP contribution in [0.15, 0.2) is 61.1 Å². The van der Waals surface area contributed by atoms with Crippen LogP contribution in [0.2, 0.25) is 0 Å². The molecule has 0 amide bonds. The lowest BCUT2D eigenvalue weighted by Crippen LogP contribution is -2.06. The van der Waals surface area contributed by atoms with Gasteiger partial charge in [0, 0.05) is 24.2 Å². The first-order valence-electron chi connectivity index (χ1n) is 6.32. The summed E-state index contributed by atoms with van der Waals surface area (Å²) in [4.78, 5) is 16.4. The normalized spacial score (nSPS) is 10.4. The molecule has 4 heteroatoms. The summed E-state index contributed by atoms with van der Waals surface area (Å²) in [7, 11) is 0. The monoisotopic (exact) mass is 263 g/mol. The summed E-state index contributed by atoms with van der Waals surface area (Å²) in [6, 6.07) is 13.2. The number of rotatable bonds is 3. The zero-order chi connectivity index (χ0) is 13.9. The van der Waals surface area contributed by atoms with E-state index < -0.39 is 0 Å². The molecule has 3 rings (SSSR count). The molecule has 0 saturated carbocycles. The van der Waals surface area contributed by atoms with E-state index in [9.17, 15) is 4.79 Å². The fourth-order valence-corrected chi connectivity index (χ4v) is 2.01. The molecule has 98 valence electrons. The second kappa shape index (κ2) is 5.09. The third kappa shape index (κ3) is 2.23. The van der Waals surface area contributed by atoms with Gasteiger partial charge in [-0.3, -0.25) is 9.78 Å². The molecule has 0 aliphatic heterocycles. The third-order valence-electron chi connectivity index (χ3n) is 3.13. The Hall–Kier alpha value is -2.75. The molecule has 0 saturated heterocycles. The number of hydrogen-bond donors (Lipinski definition) is 0. The molecular weight excluding hydrogens is 250 g/mol. The van der Waals surface area contributed by atoms with E-state index in [0.717, 1.165) is 11.3 Å². The van der Waals surface area contributed by atoms with Crippen LogP contribution in [-0.4, -0.2) is 20.5 Å². The average Bonchev–Trinajstić information content (AvgIpc) is 2.98. The van der Waals surface area contributed by atoms with Crippen molar-refractivity contribution in [2.75, 3.05) is 0 Å². The highest BCUT2D eigenvalue weighted by molar-refractivity contribution is 6.08. The maximum atomic E-state index is 12.4. The summed E-state index contributed by atoms with van der Waals surface area (Å²) >= 11 is 0. The summed E-state index contributed by atoms with van der Waals surface area (Å²) in [6.45, 7) is 1.89. The summed E-state index contributed by atoms with van der Waals surface area (Å²) in [6.07, 6.45) is 5.04. The maximum absolute atomic E-state index is 12.4. The van der Waals surface area contributed by atoms with Gasteiger partial charge in [-0.25, -0.2) is 4.68 Å². The second-order valence-corrected chi connectivity index (χ2v) is 4.50. The van der Waals surface area contributed by atoms with Crippen LogP contribution >= 0.6 is 0 Å². The van der Waals surface area contributed by atoms with Crippen LogP contribution in [0.1, 0.15) is 21.6 Å². The van der Waals surface area contributed by atoms with E-state index in [1.807, 2.05) is 43.3 Å². The van der Waals surface area contributed by atoms with E-state index in [2.05, 4.69) is 10.1 Å². The van der Waals surface area contributed by atoms with Crippen molar-refractivity contribution in [1.29, 1.82) is 0 Å². The molecule has 0 spiro atoms. The summed E-state index contributed by atoms with van der Waals surface area (Å²) < 4.78 is 1.69. The molecule has 2 heterocycles. The van der Waals surface area contributed by atoms with Crippen molar-refractivity contribution in [2.24, 2.45) is 0 Å². The number of carbonyl (C=O) groups is 1. The zero-order valence-electron chi connectivity index (χ0n) is 11.0. The first kappa shape index (κ1) is 12.3. The molecule has 0 radical (unpaired) electrons. The molecule has 0 aliphatic rings. The van der Waals surface area contributed by atoms with Gasteiger partial charge < -0.3 is 0 Å². The van der Waals surface area contributed by atoms with Crippen molar-refractivity contribution in [3.8, 4) is 5.69 Å². The first-order valence-corrected chi connectivity index (χ1v) is 6.32. The second-order valence-electron chi connectivity index (χ2n) is 4.50. The number of carbonyl (C=O) groups excluding carboxylic acids is 1. The highest BCUT2D eigenvalue weighted by atomic mass is 16.1. The Balaban J connectivity index is 1.95. The third-order valence-corrected chi connectivity index (χ3v) is 3.13. The standard InChI is InChI=1S/C16H13N3O/c1-12-7-9-17-11-14(12)16(20)15-8-10-19(18-15)13-5-3-2-4-6-13/h2-11H,1H3. The lowest BCUT2D eigenvalue weighted by atomic mass is 10.1. The predicted octanol–water partition coefficient (Wildman–Crippen LogP) is 2.81. The fourth-order valence-electron chi connectivity index (χ4n) is 2.01. The molecule has 0 atom stereocenters. The summed E-state index contributed by atoms with van der Waals surface area (Å²) in [5.74, 6) is -0.106. The van der Waals surface area contributed by atoms with Gasteiger partial charge in [-0.1, -0.05) is 18.2 Å². The van der Waals surface area contributed by atoms with Gasteiger partial charge in [-0.2, -0.15) is 5.10 Å². The number of para-hydroxylation sites is 1. The van der Waals surface area contributed by atoms with Gasteiger partial charge >= 0.3 is 0 Å². The minimum atomic E-state index is -0.106. The molecule has 0 bridgehead atoms. The van der Waals surface area contributed by atoms with Crippen LogP contribution in [0.5, 0.6) is 0 Å². The number of benzene rings is 1. The Morgan fingerprint density at radius 1 is 1.10 bits per heavy atom. The van der Waals surface area contributed by atoms with E-state index in [0.29, 0.717) is 11.3 Å². The topological polar surface area (TPSA) is 47.8 Å². The van der Waals surface area contributed by atoms with Gasteiger partial charge in [0.05, 0.1) is 5.69 Å². The molecule has 0 unspecified atom stereocenters. The molecule has 0 N–H and O–H groups in total. The Bertz CT molecular complexity index is 747. The van der Waals surface area contributed by atoms with Crippen LogP contribution in [0.3, 0.4) is 0 Å². The molecule has 0 fully saturated rings. The Kier molecular flexibility index (Phi) is 3.13. The smallest absolute Gasteiger partial charge is 0.215 e. The molecule has 3 aromatic rings. The maximum Gasteiger partial charge on any atom is 0.215 e. The van der Waals surface area contributed by atoms with E-state index >= 15 is 0 Å². The lowest BCUT2D eigenvalue weighted by Gasteiger charge is -2.02. The number of hydrogen-bond acceptors (Lipinski definition) is 3. The van der Waals surface area contributed by atoms with E-state index in [1.165, 1.54) is 0 Å². The molecular formula is C16H13N3O. The van der Waals surface area contributed by atoms with Gasteiger partial charge in [0.15, 0.2) is 0 Å². The van der Waals surface area contributed by atoms with Gasteiger partial charge in [0.1, 0.15) is 5.69 Å². The number of pyridine rings is 1. The number of nitrogens with zero attached hydrogens (tertiary/aromatic N) is 3. The highest BCUT2D eigenvalue weighted by Crippen LogP contribution is 2.13. The van der Waals surface area contributed by atoms with Gasteiger partial charge in [-0.05, 0) is 36.8 Å². The van der Waals surface area contributed by atoms with E-state index in [4.69, 9.17) is 0 Å². The fraction of sp³-hybridized carbons (Fsp3) is 0.0625. The van der Waals surface area contributed by atoms with Crippen molar-refractivity contribution >= 4 is 5.78 Å². The van der Waals surface area contributed by atoms with Gasteiger partial charge in [0.2, 0.25) is 5.78 Å². The van der Waals surface area contributed by atoms with E-state index in [-0.39, 0.29) is 5.78 Å². The largest absolute Gasteiger partial charge is 0.287 e. The number of aromatic nitrogens is 3. The predicted molar refractivity (Wildman–Crippen MR) is 76.0 cm³/mol. The average molecular weight is 263 g/mol. The number of ketones is 1. The first-order chi connectivity index (χ1) is 9.75. The van der Waals surface area contributed by atoms with Crippen LogP contribution in [-0.2, 0) is 0 Å². The Labute approximate surface area is 116 Å². The minimum absolute atomic E-state index is 0.106. The Morgan fingerprint density at radius 2 is 1.90 bits per heavy atom. The molecule has 4 nitrogen and oxygen atoms in total. The SMILES string of the molecule is Cc1ccncc1C(=O)c1ccn(-c2ccccc2)n1. The summed E-state index contributed by atoms with van der Waals surface area (Å²) in [5, 5.41) is 4.34. The quantitative estimate of drug-likeness (QED) is 0.683. The van der Waals surface area contributed by atoms with Gasteiger partial charge in [0.25, 0.3) is 0 Å². The van der Waals surface area contributed by atoms with Crippen LogP contribution in [0.4, 0.5) is 0 Å². The van der Waals surface area contributed by atoms with Crippen LogP contribution in [0.25, 0.3) is 5.69 Å². The van der Waals surface area contributed by atoms with Crippen molar-refractivity contribution in [2.45, 2.75) is 6.92 Å². The zero-order valence-corrected chi connectivity index (χ0v) is 11.0. The summed E-state index contributed by atoms with van der Waals surface area (Å²) in [5.41, 5.74) is 2.84. The molecule has 0 aliphatic carbocycles. The van der Waals surface area contributed by atoms with Gasteiger partial charge in [-0.15, -0.1) is 0 Å². The van der Waals surface area contributed by atoms with Crippen LogP contribution in [0, 0.1) is 6.92 Å². The Morgan fingerprint density at radius 3 is 2.65 bits per heavy atom. The van der Waals surface area contributed by atoms with Crippen molar-refractivity contribution in [3.05, 3.63) is 77.9 Å². The highest BCUT2D eigenvalue weighted by Gasteiger charge is 2.14. The van der Waals surface area contributed by atoms with Crippen molar-refractivity contribution < 1.29 is 4.79 Å². The lowest BCUT2D eigenvalue weighted by molar-refractivity contribution is 0.103. The van der Waals surface area contributed by atoms with Crippen LogP contribution < -0.4 is 0 Å².